The summed E-state index contributed by atoms with van der Waals surface area (Å²) in [6.45, 7) is 5.71. The number of aryl methyl sites for hydroxylation is 1. The maximum atomic E-state index is 10.9. The summed E-state index contributed by atoms with van der Waals surface area (Å²) >= 11 is 0. The van der Waals surface area contributed by atoms with Crippen molar-refractivity contribution in [2.24, 2.45) is 5.92 Å². The van der Waals surface area contributed by atoms with Crippen molar-refractivity contribution < 1.29 is 9.45 Å². The fourth-order valence-electron chi connectivity index (χ4n) is 2.41. The standard InChI is InChI=1S/C15H17N7O3/c1-8(2)12(15-19-14(21-25-15)13-16-7-17-20-13)18-10-4-5-11(22(23)24)9(3)6-10/h4-8,12,18H,1-3H3,(H,16,17,20)/t12-/m0/s1. The van der Waals surface area contributed by atoms with Gasteiger partial charge in [-0.1, -0.05) is 19.0 Å². The van der Waals surface area contributed by atoms with Gasteiger partial charge in [0.15, 0.2) is 5.82 Å². The number of aromatic amines is 1. The fourth-order valence-corrected chi connectivity index (χ4v) is 2.41. The number of nitro benzene ring substituents is 1. The Labute approximate surface area is 142 Å². The molecule has 130 valence electrons. The van der Waals surface area contributed by atoms with Crippen molar-refractivity contribution in [2.75, 3.05) is 5.32 Å². The lowest BCUT2D eigenvalue weighted by Crippen LogP contribution is -2.17. The molecule has 2 N–H and O–H groups in total. The van der Waals surface area contributed by atoms with Gasteiger partial charge >= 0.3 is 0 Å². The zero-order chi connectivity index (χ0) is 18.0. The van der Waals surface area contributed by atoms with Gasteiger partial charge < -0.3 is 9.84 Å². The molecule has 2 aromatic heterocycles. The highest BCUT2D eigenvalue weighted by Gasteiger charge is 2.24. The number of nitro groups is 1. The molecule has 1 atom stereocenters. The molecule has 0 aliphatic carbocycles. The first kappa shape index (κ1) is 16.6. The molecule has 0 fully saturated rings. The van der Waals surface area contributed by atoms with E-state index in [0.29, 0.717) is 23.1 Å². The molecule has 10 nitrogen and oxygen atoms in total. The molecule has 0 amide bonds. The van der Waals surface area contributed by atoms with E-state index in [1.54, 1.807) is 19.1 Å². The van der Waals surface area contributed by atoms with Crippen LogP contribution in [0.15, 0.2) is 29.0 Å². The number of aromatic nitrogens is 5. The fraction of sp³-hybridized carbons (Fsp3) is 0.333. The summed E-state index contributed by atoms with van der Waals surface area (Å²) in [6, 6.07) is 4.60. The SMILES string of the molecule is Cc1cc(N[C@H](c2nc(-c3ncn[nH]3)no2)C(C)C)ccc1[N+](=O)[O-]. The summed E-state index contributed by atoms with van der Waals surface area (Å²) < 4.78 is 5.36. The molecule has 0 saturated heterocycles. The third-order valence-corrected chi connectivity index (χ3v) is 3.72. The van der Waals surface area contributed by atoms with Gasteiger partial charge in [-0.25, -0.2) is 4.98 Å². The van der Waals surface area contributed by atoms with E-state index in [1.165, 1.54) is 12.4 Å². The Kier molecular flexibility index (Phi) is 4.42. The first-order valence-corrected chi connectivity index (χ1v) is 7.66. The van der Waals surface area contributed by atoms with Gasteiger partial charge in [0.25, 0.3) is 5.69 Å². The molecule has 3 aromatic rings. The topological polar surface area (TPSA) is 136 Å². The minimum absolute atomic E-state index is 0.0806. The normalized spacial score (nSPS) is 12.3. The number of nitrogens with zero attached hydrogens (tertiary/aromatic N) is 5. The Morgan fingerprint density at radius 2 is 2.16 bits per heavy atom. The summed E-state index contributed by atoms with van der Waals surface area (Å²) in [5.41, 5.74) is 1.39. The number of nitrogens with one attached hydrogen (secondary N) is 2. The summed E-state index contributed by atoms with van der Waals surface area (Å²) in [7, 11) is 0. The van der Waals surface area contributed by atoms with Gasteiger partial charge in [-0.2, -0.15) is 10.1 Å². The van der Waals surface area contributed by atoms with E-state index in [0.717, 1.165) is 5.69 Å². The van der Waals surface area contributed by atoms with Crippen LogP contribution in [0.5, 0.6) is 0 Å². The average Bonchev–Trinajstić information content (AvgIpc) is 3.23. The van der Waals surface area contributed by atoms with Crippen molar-refractivity contribution >= 4 is 11.4 Å². The van der Waals surface area contributed by atoms with E-state index in [1.807, 2.05) is 13.8 Å². The van der Waals surface area contributed by atoms with Crippen molar-refractivity contribution in [2.45, 2.75) is 26.8 Å². The van der Waals surface area contributed by atoms with Crippen molar-refractivity contribution in [1.29, 1.82) is 0 Å². The predicted molar refractivity (Wildman–Crippen MR) is 88.7 cm³/mol. The van der Waals surface area contributed by atoms with Crippen molar-refractivity contribution in [3.63, 3.8) is 0 Å². The van der Waals surface area contributed by atoms with E-state index < -0.39 is 4.92 Å². The van der Waals surface area contributed by atoms with Crippen LogP contribution in [0.25, 0.3) is 11.6 Å². The highest BCUT2D eigenvalue weighted by Crippen LogP contribution is 2.29. The quantitative estimate of drug-likeness (QED) is 0.515. The van der Waals surface area contributed by atoms with Gasteiger partial charge in [-0.05, 0) is 25.0 Å². The second-order valence-electron chi connectivity index (χ2n) is 5.91. The maximum absolute atomic E-state index is 10.9. The predicted octanol–water partition coefficient (Wildman–Crippen LogP) is 2.88. The summed E-state index contributed by atoms with van der Waals surface area (Å²) in [5.74, 6) is 1.28. The van der Waals surface area contributed by atoms with Crippen molar-refractivity contribution in [3.8, 4) is 11.6 Å². The average molecular weight is 343 g/mol. The molecular weight excluding hydrogens is 326 g/mol. The second-order valence-corrected chi connectivity index (χ2v) is 5.91. The van der Waals surface area contributed by atoms with Crippen molar-refractivity contribution in [1.82, 2.24) is 25.3 Å². The van der Waals surface area contributed by atoms with Crippen LogP contribution in [0.4, 0.5) is 11.4 Å². The second kappa shape index (κ2) is 6.67. The summed E-state index contributed by atoms with van der Waals surface area (Å²) in [6.07, 6.45) is 1.36. The van der Waals surface area contributed by atoms with Crippen LogP contribution in [0.1, 0.15) is 31.3 Å². The molecule has 2 heterocycles. The Morgan fingerprint density at radius 3 is 2.76 bits per heavy atom. The summed E-state index contributed by atoms with van der Waals surface area (Å²) in [5, 5.41) is 24.6. The number of benzene rings is 1. The molecule has 0 saturated carbocycles. The van der Waals surface area contributed by atoms with Gasteiger partial charge in [0.05, 0.1) is 4.92 Å². The number of H-pyrrole nitrogens is 1. The molecule has 0 unspecified atom stereocenters. The van der Waals surface area contributed by atoms with Gasteiger partial charge in [-0.15, -0.1) is 0 Å². The van der Waals surface area contributed by atoms with Crippen LogP contribution >= 0.6 is 0 Å². The first-order valence-electron chi connectivity index (χ1n) is 7.66. The van der Waals surface area contributed by atoms with Gasteiger partial charge in [0.1, 0.15) is 12.4 Å². The minimum Gasteiger partial charge on any atom is -0.373 e. The van der Waals surface area contributed by atoms with E-state index >= 15 is 0 Å². The van der Waals surface area contributed by atoms with Crippen LogP contribution in [0.3, 0.4) is 0 Å². The van der Waals surface area contributed by atoms with Gasteiger partial charge in [-0.3, -0.25) is 15.2 Å². The van der Waals surface area contributed by atoms with Crippen molar-refractivity contribution in [3.05, 3.63) is 46.1 Å². The van der Waals surface area contributed by atoms with Crippen LogP contribution < -0.4 is 5.32 Å². The van der Waals surface area contributed by atoms with E-state index in [2.05, 4.69) is 30.6 Å². The molecule has 1 aromatic carbocycles. The largest absolute Gasteiger partial charge is 0.373 e. The van der Waals surface area contributed by atoms with Crippen LogP contribution in [-0.4, -0.2) is 30.2 Å². The molecule has 0 aliphatic rings. The maximum Gasteiger partial charge on any atom is 0.272 e. The Bertz CT molecular complexity index is 873. The highest BCUT2D eigenvalue weighted by molar-refractivity contribution is 5.54. The number of hydrogen-bond acceptors (Lipinski definition) is 8. The highest BCUT2D eigenvalue weighted by atomic mass is 16.6. The lowest BCUT2D eigenvalue weighted by Gasteiger charge is -2.20. The Hall–Kier alpha value is -3.30. The molecule has 0 radical (unpaired) electrons. The minimum atomic E-state index is -0.402. The summed E-state index contributed by atoms with van der Waals surface area (Å²) in [4.78, 5) is 18.9. The molecular formula is C15H17N7O3. The third-order valence-electron chi connectivity index (χ3n) is 3.72. The molecule has 0 aliphatic heterocycles. The van der Waals surface area contributed by atoms with Gasteiger partial charge in [0.2, 0.25) is 11.7 Å². The van der Waals surface area contributed by atoms with Crippen LogP contribution in [0.2, 0.25) is 0 Å². The van der Waals surface area contributed by atoms with E-state index in [-0.39, 0.29) is 17.6 Å². The molecule has 0 bridgehead atoms. The zero-order valence-electron chi connectivity index (χ0n) is 13.9. The number of hydrogen-bond donors (Lipinski definition) is 2. The molecule has 25 heavy (non-hydrogen) atoms. The van der Waals surface area contributed by atoms with E-state index in [4.69, 9.17) is 4.52 Å². The molecule has 3 rings (SSSR count). The van der Waals surface area contributed by atoms with Crippen LogP contribution in [-0.2, 0) is 0 Å². The number of rotatable bonds is 6. The Balaban J connectivity index is 1.85. The lowest BCUT2D eigenvalue weighted by atomic mass is 10.0. The first-order chi connectivity index (χ1) is 12.0. The molecule has 0 spiro atoms. The van der Waals surface area contributed by atoms with E-state index in [9.17, 15) is 10.1 Å². The Morgan fingerprint density at radius 1 is 1.36 bits per heavy atom. The number of anilines is 1. The lowest BCUT2D eigenvalue weighted by molar-refractivity contribution is -0.385. The van der Waals surface area contributed by atoms with Gasteiger partial charge in [0, 0.05) is 17.3 Å². The zero-order valence-corrected chi connectivity index (χ0v) is 13.9. The monoisotopic (exact) mass is 343 g/mol. The smallest absolute Gasteiger partial charge is 0.272 e. The van der Waals surface area contributed by atoms with Crippen LogP contribution in [0, 0.1) is 23.0 Å². The molecule has 10 heteroatoms. The third kappa shape index (κ3) is 3.47.